The lowest BCUT2D eigenvalue weighted by Gasteiger charge is -2.14. The molecule has 1 amide bonds. The van der Waals surface area contributed by atoms with Crippen molar-refractivity contribution in [2.24, 2.45) is 0 Å². The monoisotopic (exact) mass is 363 g/mol. The molecular weight excluding hydrogens is 342 g/mol. The van der Waals surface area contributed by atoms with Gasteiger partial charge in [0.25, 0.3) is 5.91 Å². The minimum atomic E-state index is -0.0582. The fraction of sp³-hybridized carbons (Fsp3) is 0.300. The van der Waals surface area contributed by atoms with Gasteiger partial charge in [0.15, 0.2) is 0 Å². The number of benzene rings is 1. The molecule has 138 valence electrons. The second-order valence-electron chi connectivity index (χ2n) is 6.84. The van der Waals surface area contributed by atoms with Gasteiger partial charge < -0.3 is 14.2 Å². The number of carbonyl (C=O) groups is 1. The van der Waals surface area contributed by atoms with E-state index in [2.05, 4.69) is 15.2 Å². The van der Waals surface area contributed by atoms with Crippen molar-refractivity contribution in [2.45, 2.75) is 12.3 Å². The van der Waals surface area contributed by atoms with E-state index < -0.39 is 0 Å². The van der Waals surface area contributed by atoms with Crippen LogP contribution in [0.15, 0.2) is 53.1 Å². The molecule has 0 bridgehead atoms. The van der Waals surface area contributed by atoms with E-state index in [1.165, 1.54) is 0 Å². The first-order valence-electron chi connectivity index (χ1n) is 8.93. The molecule has 1 aromatic carbocycles. The Morgan fingerprint density at radius 2 is 1.96 bits per heavy atom. The zero-order valence-corrected chi connectivity index (χ0v) is 15.4. The number of carbonyl (C=O) groups excluding carboxylic acids is 1. The molecule has 4 rings (SSSR count). The Kier molecular flexibility index (Phi) is 4.58. The van der Waals surface area contributed by atoms with E-state index in [1.54, 1.807) is 23.2 Å². The van der Waals surface area contributed by atoms with E-state index in [4.69, 9.17) is 4.42 Å². The van der Waals surface area contributed by atoms with Crippen LogP contribution in [0, 0.1) is 0 Å². The highest BCUT2D eigenvalue weighted by Crippen LogP contribution is 2.29. The Balaban J connectivity index is 1.45. The molecule has 7 heteroatoms. The van der Waals surface area contributed by atoms with Gasteiger partial charge in [0.2, 0.25) is 11.8 Å². The average Bonchev–Trinajstić information content (AvgIpc) is 3.38. The molecule has 0 radical (unpaired) electrons. The fourth-order valence-corrected chi connectivity index (χ4v) is 3.22. The number of rotatable bonds is 4. The molecule has 1 aliphatic heterocycles. The number of hydrogen-bond donors (Lipinski definition) is 0. The van der Waals surface area contributed by atoms with Crippen LogP contribution >= 0.6 is 0 Å². The number of pyridine rings is 1. The second kappa shape index (κ2) is 7.19. The molecule has 1 fully saturated rings. The van der Waals surface area contributed by atoms with Crippen molar-refractivity contribution in [3.8, 4) is 11.5 Å². The molecule has 1 aliphatic rings. The van der Waals surface area contributed by atoms with Gasteiger partial charge in [-0.15, -0.1) is 10.2 Å². The first kappa shape index (κ1) is 17.2. The van der Waals surface area contributed by atoms with Crippen LogP contribution in [-0.4, -0.2) is 53.2 Å². The SMILES string of the molecule is CN(C)c1ccc(-c2nnc(C3CCN(C(=O)c4ccccn4)C3)o2)cc1. The summed E-state index contributed by atoms with van der Waals surface area (Å²) >= 11 is 0. The summed E-state index contributed by atoms with van der Waals surface area (Å²) in [6.45, 7) is 1.23. The first-order chi connectivity index (χ1) is 13.1. The van der Waals surface area contributed by atoms with Gasteiger partial charge in [0, 0.05) is 44.6 Å². The molecule has 0 aliphatic carbocycles. The standard InChI is InChI=1S/C20H21N5O2/c1-24(2)16-8-6-14(7-9-16)18-22-23-19(27-18)15-10-12-25(13-15)20(26)17-5-3-4-11-21-17/h3-9,11,15H,10,12-13H2,1-2H3. The van der Waals surface area contributed by atoms with E-state index in [-0.39, 0.29) is 11.8 Å². The van der Waals surface area contributed by atoms with Gasteiger partial charge in [-0.2, -0.15) is 0 Å². The zero-order valence-electron chi connectivity index (χ0n) is 15.4. The minimum absolute atomic E-state index is 0.0555. The van der Waals surface area contributed by atoms with Crippen molar-refractivity contribution in [1.29, 1.82) is 0 Å². The maximum atomic E-state index is 12.5. The van der Waals surface area contributed by atoms with Gasteiger partial charge in [-0.3, -0.25) is 9.78 Å². The van der Waals surface area contributed by atoms with Crippen molar-refractivity contribution in [3.05, 3.63) is 60.2 Å². The van der Waals surface area contributed by atoms with Crippen LogP contribution in [0.25, 0.3) is 11.5 Å². The number of aromatic nitrogens is 3. The highest BCUT2D eigenvalue weighted by Gasteiger charge is 2.31. The molecule has 2 aromatic heterocycles. The Hall–Kier alpha value is -3.22. The van der Waals surface area contributed by atoms with Crippen LogP contribution in [0.2, 0.25) is 0 Å². The summed E-state index contributed by atoms with van der Waals surface area (Å²) in [7, 11) is 4.00. The molecular formula is C20H21N5O2. The van der Waals surface area contributed by atoms with Gasteiger partial charge in [0.1, 0.15) is 5.69 Å². The smallest absolute Gasteiger partial charge is 0.272 e. The summed E-state index contributed by atoms with van der Waals surface area (Å²) < 4.78 is 5.90. The number of nitrogens with zero attached hydrogens (tertiary/aromatic N) is 5. The zero-order chi connectivity index (χ0) is 18.8. The van der Waals surface area contributed by atoms with E-state index in [9.17, 15) is 4.79 Å². The molecule has 1 saturated heterocycles. The lowest BCUT2D eigenvalue weighted by Crippen LogP contribution is -2.29. The Morgan fingerprint density at radius 1 is 1.15 bits per heavy atom. The molecule has 27 heavy (non-hydrogen) atoms. The molecule has 3 heterocycles. The normalized spacial score (nSPS) is 16.5. The summed E-state index contributed by atoms with van der Waals surface area (Å²) in [5.74, 6) is 1.08. The quantitative estimate of drug-likeness (QED) is 0.709. The highest BCUT2D eigenvalue weighted by molar-refractivity contribution is 5.92. The maximum absolute atomic E-state index is 12.5. The third-order valence-corrected chi connectivity index (χ3v) is 4.78. The molecule has 7 nitrogen and oxygen atoms in total. The maximum Gasteiger partial charge on any atom is 0.272 e. The van der Waals surface area contributed by atoms with E-state index in [0.717, 1.165) is 17.7 Å². The lowest BCUT2D eigenvalue weighted by molar-refractivity contribution is 0.0784. The number of amides is 1. The summed E-state index contributed by atoms with van der Waals surface area (Å²) in [4.78, 5) is 20.5. The van der Waals surface area contributed by atoms with Crippen LogP contribution in [-0.2, 0) is 0 Å². The van der Waals surface area contributed by atoms with Gasteiger partial charge in [0.05, 0.1) is 5.92 Å². The number of likely N-dealkylation sites (tertiary alicyclic amines) is 1. The van der Waals surface area contributed by atoms with Crippen molar-refractivity contribution >= 4 is 11.6 Å². The Labute approximate surface area is 157 Å². The summed E-state index contributed by atoms with van der Waals surface area (Å²) in [6, 6.07) is 13.3. The summed E-state index contributed by atoms with van der Waals surface area (Å²) in [5.41, 5.74) is 2.46. The third-order valence-electron chi connectivity index (χ3n) is 4.78. The molecule has 3 aromatic rings. The number of hydrogen-bond acceptors (Lipinski definition) is 6. The predicted octanol–water partition coefficient (Wildman–Crippen LogP) is 2.83. The molecule has 0 saturated carbocycles. The third kappa shape index (κ3) is 3.53. The van der Waals surface area contributed by atoms with E-state index in [1.807, 2.05) is 49.3 Å². The van der Waals surface area contributed by atoms with E-state index >= 15 is 0 Å². The molecule has 1 atom stereocenters. The Morgan fingerprint density at radius 3 is 2.67 bits per heavy atom. The van der Waals surface area contributed by atoms with Crippen LogP contribution in [0.1, 0.15) is 28.7 Å². The van der Waals surface area contributed by atoms with Crippen LogP contribution < -0.4 is 4.90 Å². The molecule has 1 unspecified atom stereocenters. The second-order valence-corrected chi connectivity index (χ2v) is 6.84. The number of anilines is 1. The Bertz CT molecular complexity index is 921. The first-order valence-corrected chi connectivity index (χ1v) is 8.93. The van der Waals surface area contributed by atoms with E-state index in [0.29, 0.717) is 30.6 Å². The summed E-state index contributed by atoms with van der Waals surface area (Å²) in [5, 5.41) is 8.41. The summed E-state index contributed by atoms with van der Waals surface area (Å²) in [6.07, 6.45) is 2.44. The van der Waals surface area contributed by atoms with Gasteiger partial charge in [-0.1, -0.05) is 6.07 Å². The van der Waals surface area contributed by atoms with Crippen LogP contribution in [0.5, 0.6) is 0 Å². The fourth-order valence-electron chi connectivity index (χ4n) is 3.22. The molecule has 0 N–H and O–H groups in total. The lowest BCUT2D eigenvalue weighted by atomic mass is 10.1. The average molecular weight is 363 g/mol. The van der Waals surface area contributed by atoms with Crippen molar-refractivity contribution < 1.29 is 9.21 Å². The largest absolute Gasteiger partial charge is 0.420 e. The van der Waals surface area contributed by atoms with Crippen molar-refractivity contribution in [1.82, 2.24) is 20.1 Å². The molecule has 0 spiro atoms. The van der Waals surface area contributed by atoms with Gasteiger partial charge >= 0.3 is 0 Å². The van der Waals surface area contributed by atoms with Crippen LogP contribution in [0.3, 0.4) is 0 Å². The topological polar surface area (TPSA) is 75.4 Å². The minimum Gasteiger partial charge on any atom is -0.420 e. The highest BCUT2D eigenvalue weighted by atomic mass is 16.4. The van der Waals surface area contributed by atoms with Crippen LogP contribution in [0.4, 0.5) is 5.69 Å². The van der Waals surface area contributed by atoms with Crippen molar-refractivity contribution in [2.75, 3.05) is 32.1 Å². The van der Waals surface area contributed by atoms with Crippen molar-refractivity contribution in [3.63, 3.8) is 0 Å². The van der Waals surface area contributed by atoms with Gasteiger partial charge in [-0.05, 0) is 42.8 Å². The predicted molar refractivity (Wildman–Crippen MR) is 102 cm³/mol. The van der Waals surface area contributed by atoms with Gasteiger partial charge in [-0.25, -0.2) is 0 Å².